The van der Waals surface area contributed by atoms with Crippen LogP contribution in [-0.4, -0.2) is 11.7 Å². The summed E-state index contributed by atoms with van der Waals surface area (Å²) < 4.78 is 5.19. The van der Waals surface area contributed by atoms with E-state index < -0.39 is 5.60 Å². The molecule has 1 aromatic carbocycles. The summed E-state index contributed by atoms with van der Waals surface area (Å²) >= 11 is 0. The van der Waals surface area contributed by atoms with Crippen molar-refractivity contribution in [2.24, 2.45) is 0 Å². The number of hydrogen-bond donors (Lipinski definition) is 1. The number of aryl methyl sites for hydroxylation is 2. The molecule has 0 bridgehead atoms. The lowest BCUT2D eigenvalue weighted by Crippen LogP contribution is -2.32. The highest BCUT2D eigenvalue weighted by Gasteiger charge is 2.16. The van der Waals surface area contributed by atoms with Gasteiger partial charge < -0.3 is 10.1 Å². The van der Waals surface area contributed by atoms with Crippen LogP contribution in [0.3, 0.4) is 0 Å². The SMILES string of the molecule is Cc1cccc(C)c1CNC(=O)OC(C)(C)C. The van der Waals surface area contributed by atoms with Gasteiger partial charge in [0.1, 0.15) is 5.60 Å². The number of carbonyl (C=O) groups is 1. The van der Waals surface area contributed by atoms with Crippen molar-refractivity contribution in [3.8, 4) is 0 Å². The van der Waals surface area contributed by atoms with Crippen LogP contribution in [0.5, 0.6) is 0 Å². The minimum absolute atomic E-state index is 0.375. The molecule has 0 aliphatic rings. The van der Waals surface area contributed by atoms with Gasteiger partial charge in [-0.3, -0.25) is 0 Å². The Kier molecular flexibility index (Phi) is 4.16. The number of alkyl carbamates (subject to hydrolysis) is 1. The number of benzene rings is 1. The highest BCUT2D eigenvalue weighted by atomic mass is 16.6. The van der Waals surface area contributed by atoms with Crippen molar-refractivity contribution in [3.63, 3.8) is 0 Å². The molecule has 0 heterocycles. The van der Waals surface area contributed by atoms with Crippen LogP contribution in [0.1, 0.15) is 37.5 Å². The second kappa shape index (κ2) is 5.21. The number of nitrogens with one attached hydrogen (secondary N) is 1. The van der Waals surface area contributed by atoms with E-state index in [0.717, 1.165) is 5.56 Å². The van der Waals surface area contributed by atoms with Gasteiger partial charge in [-0.05, 0) is 51.3 Å². The molecule has 1 N–H and O–H groups in total. The lowest BCUT2D eigenvalue weighted by atomic mass is 10.0. The van der Waals surface area contributed by atoms with E-state index in [0.29, 0.717) is 6.54 Å². The normalized spacial score (nSPS) is 11.1. The predicted octanol–water partition coefficient (Wildman–Crippen LogP) is 3.33. The summed E-state index contributed by atoms with van der Waals surface area (Å²) in [6, 6.07) is 6.10. The van der Waals surface area contributed by atoms with Crippen molar-refractivity contribution < 1.29 is 9.53 Å². The lowest BCUT2D eigenvalue weighted by molar-refractivity contribution is 0.0523. The van der Waals surface area contributed by atoms with Gasteiger partial charge in [0.05, 0.1) is 0 Å². The van der Waals surface area contributed by atoms with Gasteiger partial charge in [-0.25, -0.2) is 4.79 Å². The van der Waals surface area contributed by atoms with Crippen molar-refractivity contribution in [3.05, 3.63) is 34.9 Å². The fraction of sp³-hybridized carbons (Fsp3) is 0.500. The quantitative estimate of drug-likeness (QED) is 0.854. The molecule has 0 radical (unpaired) electrons. The molecular weight excluding hydrogens is 214 g/mol. The number of rotatable bonds is 2. The second-order valence-electron chi connectivity index (χ2n) is 5.23. The fourth-order valence-electron chi connectivity index (χ4n) is 1.60. The summed E-state index contributed by atoms with van der Waals surface area (Å²) in [7, 11) is 0. The fourth-order valence-corrected chi connectivity index (χ4v) is 1.60. The average Bonchev–Trinajstić information content (AvgIpc) is 2.14. The summed E-state index contributed by atoms with van der Waals surface area (Å²) in [6.45, 7) is 10.1. The van der Waals surface area contributed by atoms with Gasteiger partial charge in [0.2, 0.25) is 0 Å². The van der Waals surface area contributed by atoms with Crippen LogP contribution in [0.15, 0.2) is 18.2 Å². The Morgan fingerprint density at radius 2 is 1.76 bits per heavy atom. The summed E-state index contributed by atoms with van der Waals surface area (Å²) in [5, 5.41) is 2.78. The van der Waals surface area contributed by atoms with E-state index in [1.54, 1.807) is 0 Å². The maximum absolute atomic E-state index is 11.5. The second-order valence-corrected chi connectivity index (χ2v) is 5.23. The van der Waals surface area contributed by atoms with E-state index in [4.69, 9.17) is 4.74 Å². The molecule has 0 aliphatic heterocycles. The number of amides is 1. The van der Waals surface area contributed by atoms with Crippen LogP contribution in [0.25, 0.3) is 0 Å². The zero-order valence-electron chi connectivity index (χ0n) is 11.3. The Labute approximate surface area is 103 Å². The molecule has 0 saturated heterocycles. The predicted molar refractivity (Wildman–Crippen MR) is 69.0 cm³/mol. The van der Waals surface area contributed by atoms with Crippen molar-refractivity contribution in [2.75, 3.05) is 0 Å². The number of carbonyl (C=O) groups excluding carboxylic acids is 1. The Bertz CT molecular complexity index is 385. The smallest absolute Gasteiger partial charge is 0.407 e. The summed E-state index contributed by atoms with van der Waals surface area (Å²) in [4.78, 5) is 11.5. The molecule has 0 fully saturated rings. The van der Waals surface area contributed by atoms with E-state index in [2.05, 4.69) is 5.32 Å². The molecule has 0 aromatic heterocycles. The zero-order valence-corrected chi connectivity index (χ0v) is 11.3. The molecule has 3 nitrogen and oxygen atoms in total. The molecule has 1 amide bonds. The topological polar surface area (TPSA) is 38.3 Å². The van der Waals surface area contributed by atoms with Crippen molar-refractivity contribution in [2.45, 2.75) is 46.8 Å². The van der Waals surface area contributed by atoms with Gasteiger partial charge in [-0.15, -0.1) is 0 Å². The van der Waals surface area contributed by atoms with Gasteiger partial charge in [-0.2, -0.15) is 0 Å². The van der Waals surface area contributed by atoms with Gasteiger partial charge >= 0.3 is 6.09 Å². The molecule has 0 saturated carbocycles. The molecule has 94 valence electrons. The van der Waals surface area contributed by atoms with Crippen LogP contribution >= 0.6 is 0 Å². The van der Waals surface area contributed by atoms with E-state index in [1.807, 2.05) is 52.8 Å². The molecule has 0 aliphatic carbocycles. The van der Waals surface area contributed by atoms with E-state index in [1.165, 1.54) is 11.1 Å². The van der Waals surface area contributed by atoms with E-state index in [-0.39, 0.29) is 6.09 Å². The lowest BCUT2D eigenvalue weighted by Gasteiger charge is -2.20. The Morgan fingerprint density at radius 3 is 2.24 bits per heavy atom. The van der Waals surface area contributed by atoms with E-state index in [9.17, 15) is 4.79 Å². The average molecular weight is 235 g/mol. The van der Waals surface area contributed by atoms with Crippen LogP contribution < -0.4 is 5.32 Å². The molecule has 3 heteroatoms. The zero-order chi connectivity index (χ0) is 13.1. The van der Waals surface area contributed by atoms with Crippen LogP contribution in [0, 0.1) is 13.8 Å². The maximum atomic E-state index is 11.5. The van der Waals surface area contributed by atoms with Crippen LogP contribution in [0.2, 0.25) is 0 Å². The molecule has 17 heavy (non-hydrogen) atoms. The van der Waals surface area contributed by atoms with Gasteiger partial charge in [0.15, 0.2) is 0 Å². The first-order valence-corrected chi connectivity index (χ1v) is 5.81. The summed E-state index contributed by atoms with van der Waals surface area (Å²) in [5.74, 6) is 0. The third kappa shape index (κ3) is 4.47. The van der Waals surface area contributed by atoms with Gasteiger partial charge in [0, 0.05) is 6.54 Å². The summed E-state index contributed by atoms with van der Waals surface area (Å²) in [5.41, 5.74) is 3.06. The molecule has 1 rings (SSSR count). The first-order chi connectivity index (χ1) is 7.79. The third-order valence-corrected chi connectivity index (χ3v) is 2.45. The highest BCUT2D eigenvalue weighted by molar-refractivity contribution is 5.67. The number of hydrogen-bond acceptors (Lipinski definition) is 2. The van der Waals surface area contributed by atoms with Crippen LogP contribution in [0.4, 0.5) is 4.79 Å². The first kappa shape index (κ1) is 13.6. The Hall–Kier alpha value is -1.51. The molecule has 0 spiro atoms. The van der Waals surface area contributed by atoms with Crippen molar-refractivity contribution in [1.29, 1.82) is 0 Å². The Morgan fingerprint density at radius 1 is 1.24 bits per heavy atom. The molecule has 0 unspecified atom stereocenters. The van der Waals surface area contributed by atoms with E-state index >= 15 is 0 Å². The largest absolute Gasteiger partial charge is 0.444 e. The number of ether oxygens (including phenoxy) is 1. The van der Waals surface area contributed by atoms with Gasteiger partial charge in [0.25, 0.3) is 0 Å². The van der Waals surface area contributed by atoms with Crippen molar-refractivity contribution in [1.82, 2.24) is 5.32 Å². The summed E-state index contributed by atoms with van der Waals surface area (Å²) in [6.07, 6.45) is -0.375. The minimum Gasteiger partial charge on any atom is -0.444 e. The third-order valence-electron chi connectivity index (χ3n) is 2.45. The first-order valence-electron chi connectivity index (χ1n) is 5.81. The highest BCUT2D eigenvalue weighted by Crippen LogP contribution is 2.13. The van der Waals surface area contributed by atoms with Crippen LogP contribution in [-0.2, 0) is 11.3 Å². The molecule has 0 atom stereocenters. The van der Waals surface area contributed by atoms with Gasteiger partial charge in [-0.1, -0.05) is 18.2 Å². The monoisotopic (exact) mass is 235 g/mol. The Balaban J connectivity index is 2.59. The standard InChI is InChI=1S/C14H21NO2/c1-10-7-6-8-11(2)12(10)9-15-13(16)17-14(3,4)5/h6-8H,9H2,1-5H3,(H,15,16). The minimum atomic E-state index is -0.454. The molecule has 1 aromatic rings. The maximum Gasteiger partial charge on any atom is 0.407 e. The van der Waals surface area contributed by atoms with Crippen molar-refractivity contribution >= 4 is 6.09 Å². The molecular formula is C14H21NO2.